The number of rotatable bonds is 6. The minimum Gasteiger partial charge on any atom is -0.336 e. The van der Waals surface area contributed by atoms with E-state index in [9.17, 15) is 4.79 Å². The van der Waals surface area contributed by atoms with Crippen LogP contribution in [0.2, 0.25) is 0 Å². The SMILES string of the molecule is CCCN(CCN1CCNC1=O)C1CCCNC1. The Kier molecular flexibility index (Phi) is 5.26. The number of urea groups is 1. The molecule has 1 unspecified atom stereocenters. The second kappa shape index (κ2) is 6.95. The van der Waals surface area contributed by atoms with Gasteiger partial charge in [0.15, 0.2) is 0 Å². The monoisotopic (exact) mass is 254 g/mol. The smallest absolute Gasteiger partial charge is 0.317 e. The van der Waals surface area contributed by atoms with E-state index in [2.05, 4.69) is 22.5 Å². The van der Waals surface area contributed by atoms with Gasteiger partial charge in [0, 0.05) is 38.8 Å². The highest BCUT2D eigenvalue weighted by Crippen LogP contribution is 2.11. The number of hydrogen-bond acceptors (Lipinski definition) is 3. The first-order valence-electron chi connectivity index (χ1n) is 7.29. The summed E-state index contributed by atoms with van der Waals surface area (Å²) < 4.78 is 0. The lowest BCUT2D eigenvalue weighted by Gasteiger charge is -2.35. The molecule has 0 aliphatic carbocycles. The van der Waals surface area contributed by atoms with Crippen molar-refractivity contribution in [1.29, 1.82) is 0 Å². The standard InChI is InChI=1S/C13H26N4O/c1-2-7-16(12-4-3-5-14-11-12)9-10-17-8-6-15-13(17)18/h12,14H,2-11H2,1H3,(H,15,18). The fraction of sp³-hybridized carbons (Fsp3) is 0.923. The molecule has 2 fully saturated rings. The molecule has 2 rings (SSSR count). The number of nitrogens with one attached hydrogen (secondary N) is 2. The molecule has 5 nitrogen and oxygen atoms in total. The maximum atomic E-state index is 11.5. The molecule has 0 saturated carbocycles. The van der Waals surface area contributed by atoms with Crippen molar-refractivity contribution in [1.82, 2.24) is 20.4 Å². The Morgan fingerprint density at radius 2 is 2.28 bits per heavy atom. The second-order valence-corrected chi connectivity index (χ2v) is 5.26. The van der Waals surface area contributed by atoms with Crippen molar-refractivity contribution in [3.63, 3.8) is 0 Å². The summed E-state index contributed by atoms with van der Waals surface area (Å²) in [6, 6.07) is 0.762. The Morgan fingerprint density at radius 1 is 1.39 bits per heavy atom. The van der Waals surface area contributed by atoms with E-state index in [0.717, 1.165) is 45.8 Å². The van der Waals surface area contributed by atoms with Crippen molar-refractivity contribution in [3.05, 3.63) is 0 Å². The zero-order valence-electron chi connectivity index (χ0n) is 11.5. The molecular formula is C13H26N4O. The van der Waals surface area contributed by atoms with Gasteiger partial charge in [-0.3, -0.25) is 4.90 Å². The molecule has 2 N–H and O–H groups in total. The van der Waals surface area contributed by atoms with E-state index in [0.29, 0.717) is 6.04 Å². The summed E-state index contributed by atoms with van der Waals surface area (Å²) in [6.45, 7) is 9.17. The molecule has 2 saturated heterocycles. The van der Waals surface area contributed by atoms with Crippen LogP contribution >= 0.6 is 0 Å². The number of hydrogen-bond donors (Lipinski definition) is 2. The van der Waals surface area contributed by atoms with Gasteiger partial charge in [0.25, 0.3) is 0 Å². The molecule has 2 amide bonds. The van der Waals surface area contributed by atoms with Crippen LogP contribution < -0.4 is 10.6 Å². The highest BCUT2D eigenvalue weighted by Gasteiger charge is 2.23. The molecule has 0 radical (unpaired) electrons. The van der Waals surface area contributed by atoms with Gasteiger partial charge in [-0.05, 0) is 32.4 Å². The minimum atomic E-state index is 0.105. The maximum Gasteiger partial charge on any atom is 0.317 e. The van der Waals surface area contributed by atoms with E-state index in [1.165, 1.54) is 19.3 Å². The lowest BCUT2D eigenvalue weighted by molar-refractivity contribution is 0.149. The molecule has 18 heavy (non-hydrogen) atoms. The molecule has 0 aromatic heterocycles. The molecule has 0 aromatic rings. The number of carbonyl (C=O) groups excluding carboxylic acids is 1. The normalized spacial score (nSPS) is 24.7. The van der Waals surface area contributed by atoms with Gasteiger partial charge < -0.3 is 15.5 Å². The van der Waals surface area contributed by atoms with Crippen molar-refractivity contribution in [3.8, 4) is 0 Å². The zero-order chi connectivity index (χ0) is 12.8. The third-order valence-electron chi connectivity index (χ3n) is 3.90. The summed E-state index contributed by atoms with van der Waals surface area (Å²) in [5.41, 5.74) is 0. The summed E-state index contributed by atoms with van der Waals surface area (Å²) in [5.74, 6) is 0. The zero-order valence-corrected chi connectivity index (χ0v) is 11.5. The summed E-state index contributed by atoms with van der Waals surface area (Å²) in [6.07, 6.45) is 3.75. The van der Waals surface area contributed by atoms with E-state index in [1.54, 1.807) is 0 Å². The Hall–Kier alpha value is -0.810. The molecule has 5 heteroatoms. The van der Waals surface area contributed by atoms with Gasteiger partial charge in [0.1, 0.15) is 0 Å². The average Bonchev–Trinajstić information content (AvgIpc) is 2.81. The highest BCUT2D eigenvalue weighted by molar-refractivity contribution is 5.76. The molecule has 104 valence electrons. The van der Waals surface area contributed by atoms with Crippen LogP contribution in [-0.2, 0) is 0 Å². The van der Waals surface area contributed by atoms with E-state index >= 15 is 0 Å². The quantitative estimate of drug-likeness (QED) is 0.724. The van der Waals surface area contributed by atoms with Crippen LogP contribution in [0.1, 0.15) is 26.2 Å². The largest absolute Gasteiger partial charge is 0.336 e. The van der Waals surface area contributed by atoms with Crippen LogP contribution in [0.4, 0.5) is 4.79 Å². The molecule has 0 aromatic carbocycles. The Bertz CT molecular complexity index is 266. The van der Waals surface area contributed by atoms with Gasteiger partial charge in [-0.1, -0.05) is 6.92 Å². The number of piperidine rings is 1. The number of amides is 2. The number of nitrogens with zero attached hydrogens (tertiary/aromatic N) is 2. The van der Waals surface area contributed by atoms with Crippen LogP contribution in [0.25, 0.3) is 0 Å². The predicted octanol–water partition coefficient (Wildman–Crippen LogP) is 0.476. The fourth-order valence-corrected chi connectivity index (χ4v) is 2.88. The highest BCUT2D eigenvalue weighted by atomic mass is 16.2. The van der Waals surface area contributed by atoms with E-state index < -0.39 is 0 Å². The van der Waals surface area contributed by atoms with E-state index in [1.807, 2.05) is 4.90 Å². The van der Waals surface area contributed by atoms with Crippen LogP contribution in [0.3, 0.4) is 0 Å². The first kappa shape index (κ1) is 13.6. The average molecular weight is 254 g/mol. The van der Waals surface area contributed by atoms with Gasteiger partial charge in [-0.15, -0.1) is 0 Å². The van der Waals surface area contributed by atoms with E-state index in [-0.39, 0.29) is 6.03 Å². The van der Waals surface area contributed by atoms with Crippen molar-refractivity contribution in [2.24, 2.45) is 0 Å². The molecule has 2 aliphatic heterocycles. The molecular weight excluding hydrogens is 228 g/mol. The predicted molar refractivity (Wildman–Crippen MR) is 72.7 cm³/mol. The lowest BCUT2D eigenvalue weighted by atomic mass is 10.1. The van der Waals surface area contributed by atoms with Gasteiger partial charge in [-0.25, -0.2) is 4.79 Å². The van der Waals surface area contributed by atoms with E-state index in [4.69, 9.17) is 0 Å². The number of carbonyl (C=O) groups is 1. The third-order valence-corrected chi connectivity index (χ3v) is 3.90. The van der Waals surface area contributed by atoms with Crippen LogP contribution in [0.15, 0.2) is 0 Å². The molecule has 2 aliphatic rings. The second-order valence-electron chi connectivity index (χ2n) is 5.26. The lowest BCUT2D eigenvalue weighted by Crippen LogP contribution is -2.49. The topological polar surface area (TPSA) is 47.6 Å². The van der Waals surface area contributed by atoms with Gasteiger partial charge in [-0.2, -0.15) is 0 Å². The molecule has 1 atom stereocenters. The summed E-state index contributed by atoms with van der Waals surface area (Å²) >= 11 is 0. The fourth-order valence-electron chi connectivity index (χ4n) is 2.88. The first-order chi connectivity index (χ1) is 8.81. The summed E-state index contributed by atoms with van der Waals surface area (Å²) in [7, 11) is 0. The minimum absolute atomic E-state index is 0.105. The Balaban J connectivity index is 1.79. The van der Waals surface area contributed by atoms with Crippen molar-refractivity contribution in [2.45, 2.75) is 32.2 Å². The van der Waals surface area contributed by atoms with Crippen molar-refractivity contribution >= 4 is 6.03 Å². The van der Waals surface area contributed by atoms with Gasteiger partial charge in [0.05, 0.1) is 0 Å². The first-order valence-corrected chi connectivity index (χ1v) is 7.29. The molecule has 2 heterocycles. The van der Waals surface area contributed by atoms with Crippen molar-refractivity contribution < 1.29 is 4.79 Å². The molecule has 0 bridgehead atoms. The van der Waals surface area contributed by atoms with Crippen LogP contribution in [0, 0.1) is 0 Å². The van der Waals surface area contributed by atoms with Crippen LogP contribution in [-0.4, -0.2) is 67.7 Å². The summed E-state index contributed by atoms with van der Waals surface area (Å²) in [4.78, 5) is 16.0. The van der Waals surface area contributed by atoms with Gasteiger partial charge >= 0.3 is 6.03 Å². The van der Waals surface area contributed by atoms with Crippen molar-refractivity contribution in [2.75, 3.05) is 45.8 Å². The third kappa shape index (κ3) is 3.59. The molecule has 0 spiro atoms. The maximum absolute atomic E-state index is 11.5. The Labute approximate surface area is 110 Å². The van der Waals surface area contributed by atoms with Crippen LogP contribution in [0.5, 0.6) is 0 Å². The van der Waals surface area contributed by atoms with Gasteiger partial charge in [0.2, 0.25) is 0 Å². The summed E-state index contributed by atoms with van der Waals surface area (Å²) in [5, 5.41) is 6.34. The Morgan fingerprint density at radius 3 is 2.89 bits per heavy atom.